The molecule has 2 aromatic carbocycles. The molecular formula is C18H21BrN2O3S. The molecule has 0 unspecified atom stereocenters. The molecule has 2 aromatic rings. The molecule has 0 fully saturated rings. The minimum atomic E-state index is -3.52. The number of halogens is 1. The number of amides is 1. The van der Waals surface area contributed by atoms with Crippen LogP contribution in [-0.2, 0) is 10.0 Å². The number of nitrogens with one attached hydrogen (secondary N) is 1. The standard InChI is InChI=1S/C18H21BrN2O3S/c1-4-21(5-2)25(23,24)16-10-7-14(8-11-16)18(22)20-15-9-6-13(3)17(19)12-15/h6-12H,4-5H2,1-3H3,(H,20,22). The highest BCUT2D eigenvalue weighted by molar-refractivity contribution is 9.10. The van der Waals surface area contributed by atoms with Crippen LogP contribution in [0.15, 0.2) is 51.8 Å². The zero-order valence-electron chi connectivity index (χ0n) is 14.4. The summed E-state index contributed by atoms with van der Waals surface area (Å²) in [5.41, 5.74) is 2.14. The molecule has 0 saturated carbocycles. The summed E-state index contributed by atoms with van der Waals surface area (Å²) in [5.74, 6) is -0.289. The Balaban J connectivity index is 2.19. The first kappa shape index (κ1) is 19.6. The van der Waals surface area contributed by atoms with Gasteiger partial charge < -0.3 is 5.32 Å². The molecule has 0 saturated heterocycles. The molecule has 0 atom stereocenters. The second kappa shape index (κ2) is 8.12. The van der Waals surface area contributed by atoms with Gasteiger partial charge in [0.25, 0.3) is 5.91 Å². The van der Waals surface area contributed by atoms with Crippen molar-refractivity contribution >= 4 is 37.5 Å². The first-order chi connectivity index (χ1) is 11.8. The summed E-state index contributed by atoms with van der Waals surface area (Å²) in [4.78, 5) is 12.5. The van der Waals surface area contributed by atoms with Gasteiger partial charge in [-0.05, 0) is 48.9 Å². The van der Waals surface area contributed by atoms with Gasteiger partial charge in [0, 0.05) is 28.8 Å². The number of rotatable bonds is 6. The van der Waals surface area contributed by atoms with E-state index in [-0.39, 0.29) is 10.8 Å². The van der Waals surface area contributed by atoms with Gasteiger partial charge >= 0.3 is 0 Å². The van der Waals surface area contributed by atoms with Crippen LogP contribution >= 0.6 is 15.9 Å². The quantitative estimate of drug-likeness (QED) is 0.760. The molecule has 0 aromatic heterocycles. The second-order valence-corrected chi connectivity index (χ2v) is 8.32. The fourth-order valence-corrected chi connectivity index (χ4v) is 4.20. The van der Waals surface area contributed by atoms with Crippen LogP contribution in [0.4, 0.5) is 5.69 Å². The number of benzene rings is 2. The summed E-state index contributed by atoms with van der Waals surface area (Å²) >= 11 is 3.43. The predicted octanol–water partition coefficient (Wildman–Crippen LogP) is 4.04. The van der Waals surface area contributed by atoms with Crippen molar-refractivity contribution in [2.75, 3.05) is 18.4 Å². The van der Waals surface area contributed by atoms with Crippen molar-refractivity contribution in [2.24, 2.45) is 0 Å². The lowest BCUT2D eigenvalue weighted by Gasteiger charge is -2.18. The Kier molecular flexibility index (Phi) is 6.37. The van der Waals surface area contributed by atoms with E-state index in [2.05, 4.69) is 21.2 Å². The maximum absolute atomic E-state index is 12.5. The van der Waals surface area contributed by atoms with Crippen molar-refractivity contribution in [2.45, 2.75) is 25.7 Å². The molecule has 134 valence electrons. The van der Waals surface area contributed by atoms with E-state index in [0.29, 0.717) is 24.3 Å². The summed E-state index contributed by atoms with van der Waals surface area (Å²) in [6.45, 7) is 6.36. The Hall–Kier alpha value is -1.70. The van der Waals surface area contributed by atoms with E-state index in [1.165, 1.54) is 28.6 Å². The van der Waals surface area contributed by atoms with Crippen molar-refractivity contribution in [1.29, 1.82) is 0 Å². The van der Waals surface area contributed by atoms with Crippen molar-refractivity contribution < 1.29 is 13.2 Å². The van der Waals surface area contributed by atoms with Gasteiger partial charge in [-0.1, -0.05) is 35.8 Å². The largest absolute Gasteiger partial charge is 0.322 e. The summed E-state index contributed by atoms with van der Waals surface area (Å²) < 4.78 is 27.2. The maximum atomic E-state index is 12.5. The van der Waals surface area contributed by atoms with Gasteiger partial charge in [0.1, 0.15) is 0 Å². The third-order valence-electron chi connectivity index (χ3n) is 3.89. The third kappa shape index (κ3) is 4.48. The van der Waals surface area contributed by atoms with Crippen LogP contribution < -0.4 is 5.32 Å². The monoisotopic (exact) mass is 424 g/mol. The lowest BCUT2D eigenvalue weighted by atomic mass is 10.2. The number of hydrogen-bond acceptors (Lipinski definition) is 3. The van der Waals surface area contributed by atoms with Crippen LogP contribution in [0.2, 0.25) is 0 Å². The summed E-state index contributed by atoms with van der Waals surface area (Å²) in [5, 5.41) is 2.80. The van der Waals surface area contributed by atoms with Crippen molar-refractivity contribution in [3.63, 3.8) is 0 Å². The van der Waals surface area contributed by atoms with Crippen molar-refractivity contribution in [1.82, 2.24) is 4.31 Å². The van der Waals surface area contributed by atoms with E-state index in [9.17, 15) is 13.2 Å². The lowest BCUT2D eigenvalue weighted by Crippen LogP contribution is -2.30. The smallest absolute Gasteiger partial charge is 0.255 e. The van der Waals surface area contributed by atoms with Crippen LogP contribution in [0.1, 0.15) is 29.8 Å². The number of hydrogen-bond donors (Lipinski definition) is 1. The Morgan fingerprint density at radius 3 is 2.20 bits per heavy atom. The van der Waals surface area contributed by atoms with Crippen LogP contribution in [0.5, 0.6) is 0 Å². The normalized spacial score (nSPS) is 11.6. The van der Waals surface area contributed by atoms with Gasteiger partial charge in [0.2, 0.25) is 10.0 Å². The molecule has 7 heteroatoms. The molecule has 25 heavy (non-hydrogen) atoms. The molecule has 0 aliphatic carbocycles. The Morgan fingerprint density at radius 2 is 1.68 bits per heavy atom. The number of nitrogens with zero attached hydrogens (tertiary/aromatic N) is 1. The SMILES string of the molecule is CCN(CC)S(=O)(=O)c1ccc(C(=O)Nc2ccc(C)c(Br)c2)cc1. The van der Waals surface area contributed by atoms with Gasteiger partial charge in [-0.15, -0.1) is 0 Å². The van der Waals surface area contributed by atoms with Crippen LogP contribution in [0.3, 0.4) is 0 Å². The zero-order valence-corrected chi connectivity index (χ0v) is 16.8. The van der Waals surface area contributed by atoms with Crippen LogP contribution in [-0.4, -0.2) is 31.7 Å². The predicted molar refractivity (Wildman–Crippen MR) is 103 cm³/mol. The Morgan fingerprint density at radius 1 is 1.08 bits per heavy atom. The highest BCUT2D eigenvalue weighted by atomic mass is 79.9. The van der Waals surface area contributed by atoms with Gasteiger partial charge in [-0.25, -0.2) is 8.42 Å². The number of carbonyl (C=O) groups is 1. The first-order valence-corrected chi connectivity index (χ1v) is 10.2. The van der Waals surface area contributed by atoms with E-state index in [1.807, 2.05) is 25.1 Å². The van der Waals surface area contributed by atoms with E-state index in [0.717, 1.165) is 10.0 Å². The second-order valence-electron chi connectivity index (χ2n) is 5.53. The van der Waals surface area contributed by atoms with Crippen molar-refractivity contribution in [3.8, 4) is 0 Å². The van der Waals surface area contributed by atoms with Crippen LogP contribution in [0.25, 0.3) is 0 Å². The van der Waals surface area contributed by atoms with E-state index in [1.54, 1.807) is 13.8 Å². The molecule has 0 bridgehead atoms. The minimum absolute atomic E-state index is 0.186. The summed E-state index contributed by atoms with van der Waals surface area (Å²) in [6, 6.07) is 11.5. The molecule has 0 radical (unpaired) electrons. The maximum Gasteiger partial charge on any atom is 0.255 e. The zero-order chi connectivity index (χ0) is 18.6. The molecule has 0 aliphatic rings. The average Bonchev–Trinajstić information content (AvgIpc) is 2.59. The lowest BCUT2D eigenvalue weighted by molar-refractivity contribution is 0.102. The van der Waals surface area contributed by atoms with Gasteiger partial charge in [0.05, 0.1) is 4.90 Å². The summed E-state index contributed by atoms with van der Waals surface area (Å²) in [7, 11) is -3.52. The fourth-order valence-electron chi connectivity index (χ4n) is 2.36. The fraction of sp³-hybridized carbons (Fsp3) is 0.278. The van der Waals surface area contributed by atoms with Gasteiger partial charge in [0.15, 0.2) is 0 Å². The number of carbonyl (C=O) groups excluding carboxylic acids is 1. The number of aryl methyl sites for hydroxylation is 1. The topological polar surface area (TPSA) is 66.5 Å². The molecule has 0 spiro atoms. The van der Waals surface area contributed by atoms with Crippen LogP contribution in [0, 0.1) is 6.92 Å². The molecule has 1 amide bonds. The Labute approximate surface area is 157 Å². The molecular weight excluding hydrogens is 404 g/mol. The highest BCUT2D eigenvalue weighted by Gasteiger charge is 2.21. The molecule has 1 N–H and O–H groups in total. The van der Waals surface area contributed by atoms with Crippen molar-refractivity contribution in [3.05, 3.63) is 58.1 Å². The minimum Gasteiger partial charge on any atom is -0.322 e. The number of sulfonamides is 1. The molecule has 5 nitrogen and oxygen atoms in total. The van der Waals surface area contributed by atoms with E-state index >= 15 is 0 Å². The Bertz CT molecular complexity index is 860. The molecule has 2 rings (SSSR count). The average molecular weight is 425 g/mol. The van der Waals surface area contributed by atoms with Gasteiger partial charge in [-0.3, -0.25) is 4.79 Å². The van der Waals surface area contributed by atoms with E-state index in [4.69, 9.17) is 0 Å². The highest BCUT2D eigenvalue weighted by Crippen LogP contribution is 2.21. The number of anilines is 1. The molecule has 0 aliphatic heterocycles. The first-order valence-electron chi connectivity index (χ1n) is 7.97. The van der Waals surface area contributed by atoms with E-state index < -0.39 is 10.0 Å². The molecule has 0 heterocycles. The van der Waals surface area contributed by atoms with Gasteiger partial charge in [-0.2, -0.15) is 4.31 Å². The summed E-state index contributed by atoms with van der Waals surface area (Å²) in [6.07, 6.45) is 0. The third-order valence-corrected chi connectivity index (χ3v) is 6.81.